The van der Waals surface area contributed by atoms with Crippen LogP contribution in [0.4, 0.5) is 0 Å². The van der Waals surface area contributed by atoms with Gasteiger partial charge in [0.25, 0.3) is 0 Å². The third-order valence-electron chi connectivity index (χ3n) is 2.53. The van der Waals surface area contributed by atoms with Gasteiger partial charge in [-0.2, -0.15) is 0 Å². The fraction of sp³-hybridized carbons (Fsp3) is 0.692. The van der Waals surface area contributed by atoms with Crippen LogP contribution in [0.25, 0.3) is 0 Å². The molecule has 0 saturated carbocycles. The van der Waals surface area contributed by atoms with Gasteiger partial charge in [-0.05, 0) is 32.6 Å². The molecule has 0 N–H and O–H groups in total. The summed E-state index contributed by atoms with van der Waals surface area (Å²) in [4.78, 5) is 22.3. The number of hydrogen-bond acceptors (Lipinski definition) is 4. The van der Waals surface area contributed by atoms with Crippen molar-refractivity contribution in [2.24, 2.45) is 5.92 Å². The number of methoxy groups -OCH3 is 1. The highest BCUT2D eigenvalue weighted by Gasteiger charge is 2.15. The number of hydrogen-bond donors (Lipinski definition) is 0. The maximum Gasteiger partial charge on any atom is 0.334 e. The van der Waals surface area contributed by atoms with Crippen molar-refractivity contribution in [1.82, 2.24) is 0 Å². The minimum Gasteiger partial charge on any atom is -0.464 e. The standard InChI is InChI=1S/C13H22O4/c1-5-6-12(9-10(2)14)7-8-17-13(15)11(3)16-4/h5,11-12H,1,6-9H2,2-4H3. The summed E-state index contributed by atoms with van der Waals surface area (Å²) in [5.41, 5.74) is 0. The van der Waals surface area contributed by atoms with E-state index in [1.807, 2.05) is 0 Å². The number of ether oxygens (including phenoxy) is 2. The Morgan fingerprint density at radius 1 is 1.41 bits per heavy atom. The Labute approximate surface area is 103 Å². The van der Waals surface area contributed by atoms with Crippen LogP contribution in [0.1, 0.15) is 33.1 Å². The molecule has 0 aromatic heterocycles. The lowest BCUT2D eigenvalue weighted by atomic mass is 9.96. The summed E-state index contributed by atoms with van der Waals surface area (Å²) in [6, 6.07) is 0. The van der Waals surface area contributed by atoms with Gasteiger partial charge in [-0.3, -0.25) is 0 Å². The van der Waals surface area contributed by atoms with Crippen LogP contribution in [-0.2, 0) is 19.1 Å². The van der Waals surface area contributed by atoms with Crippen LogP contribution in [-0.4, -0.2) is 31.6 Å². The fourth-order valence-electron chi connectivity index (χ4n) is 1.49. The number of rotatable bonds is 9. The maximum absolute atomic E-state index is 11.3. The molecular weight excluding hydrogens is 220 g/mol. The molecule has 0 aliphatic rings. The minimum atomic E-state index is -0.541. The largest absolute Gasteiger partial charge is 0.464 e. The quantitative estimate of drug-likeness (QED) is 0.459. The Hall–Kier alpha value is -1.16. The Balaban J connectivity index is 3.92. The molecule has 0 saturated heterocycles. The molecule has 17 heavy (non-hydrogen) atoms. The van der Waals surface area contributed by atoms with Crippen LogP contribution in [0, 0.1) is 5.92 Å². The molecule has 0 heterocycles. The molecule has 98 valence electrons. The first-order chi connectivity index (χ1) is 8.01. The Morgan fingerprint density at radius 3 is 2.53 bits per heavy atom. The molecule has 4 heteroatoms. The van der Waals surface area contributed by atoms with Gasteiger partial charge in [-0.15, -0.1) is 6.58 Å². The summed E-state index contributed by atoms with van der Waals surface area (Å²) < 4.78 is 9.88. The maximum atomic E-state index is 11.3. The molecule has 2 atom stereocenters. The van der Waals surface area contributed by atoms with Crippen LogP contribution in [0.2, 0.25) is 0 Å². The molecular formula is C13H22O4. The zero-order chi connectivity index (χ0) is 13.3. The lowest BCUT2D eigenvalue weighted by molar-refractivity contribution is -0.154. The van der Waals surface area contributed by atoms with Crippen LogP contribution < -0.4 is 0 Å². The fourth-order valence-corrected chi connectivity index (χ4v) is 1.49. The molecule has 0 aromatic carbocycles. The summed E-state index contributed by atoms with van der Waals surface area (Å²) in [5.74, 6) is -0.0169. The lowest BCUT2D eigenvalue weighted by Gasteiger charge is -2.14. The number of esters is 1. The van der Waals surface area contributed by atoms with Crippen molar-refractivity contribution >= 4 is 11.8 Å². The molecule has 0 aromatic rings. The Bertz CT molecular complexity index is 260. The predicted octanol–water partition coefficient (Wildman–Crippen LogP) is 2.13. The monoisotopic (exact) mass is 242 g/mol. The molecule has 0 bridgehead atoms. The minimum absolute atomic E-state index is 0.147. The average Bonchev–Trinajstić information content (AvgIpc) is 2.27. The smallest absolute Gasteiger partial charge is 0.334 e. The zero-order valence-corrected chi connectivity index (χ0v) is 10.9. The molecule has 4 nitrogen and oxygen atoms in total. The van der Waals surface area contributed by atoms with E-state index >= 15 is 0 Å². The molecule has 0 radical (unpaired) electrons. The highest BCUT2D eigenvalue weighted by atomic mass is 16.6. The summed E-state index contributed by atoms with van der Waals surface area (Å²) in [6.45, 7) is 7.17. The van der Waals surface area contributed by atoms with Crippen molar-refractivity contribution in [3.63, 3.8) is 0 Å². The van der Waals surface area contributed by atoms with E-state index in [9.17, 15) is 9.59 Å². The van der Waals surface area contributed by atoms with Crippen molar-refractivity contribution in [3.05, 3.63) is 12.7 Å². The van der Waals surface area contributed by atoms with Gasteiger partial charge in [-0.1, -0.05) is 6.08 Å². The first kappa shape index (κ1) is 15.8. The van der Waals surface area contributed by atoms with E-state index < -0.39 is 6.10 Å². The van der Waals surface area contributed by atoms with E-state index in [0.717, 1.165) is 6.42 Å². The number of allylic oxidation sites excluding steroid dienone is 1. The van der Waals surface area contributed by atoms with Gasteiger partial charge in [0.05, 0.1) is 6.61 Å². The van der Waals surface area contributed by atoms with Crippen molar-refractivity contribution < 1.29 is 19.1 Å². The van der Waals surface area contributed by atoms with Crippen LogP contribution in [0.5, 0.6) is 0 Å². The number of carbonyl (C=O) groups excluding carboxylic acids is 2. The van der Waals surface area contributed by atoms with E-state index in [1.54, 1.807) is 19.9 Å². The lowest BCUT2D eigenvalue weighted by Crippen LogP contribution is -2.23. The molecule has 2 unspecified atom stereocenters. The average molecular weight is 242 g/mol. The van der Waals surface area contributed by atoms with Crippen molar-refractivity contribution in [1.29, 1.82) is 0 Å². The molecule has 0 amide bonds. The summed E-state index contributed by atoms with van der Waals surface area (Å²) >= 11 is 0. The van der Waals surface area contributed by atoms with E-state index in [2.05, 4.69) is 6.58 Å². The van der Waals surface area contributed by atoms with E-state index in [1.165, 1.54) is 7.11 Å². The van der Waals surface area contributed by atoms with Gasteiger partial charge in [0, 0.05) is 13.5 Å². The Kier molecular flexibility index (Phi) is 8.32. The van der Waals surface area contributed by atoms with E-state index in [0.29, 0.717) is 19.4 Å². The first-order valence-corrected chi connectivity index (χ1v) is 5.81. The van der Waals surface area contributed by atoms with Crippen LogP contribution in [0.15, 0.2) is 12.7 Å². The van der Waals surface area contributed by atoms with Gasteiger partial charge < -0.3 is 14.3 Å². The number of carbonyl (C=O) groups is 2. The van der Waals surface area contributed by atoms with Gasteiger partial charge >= 0.3 is 5.97 Å². The van der Waals surface area contributed by atoms with Gasteiger partial charge in [0.2, 0.25) is 0 Å². The molecule has 0 spiro atoms. The third kappa shape index (κ3) is 7.69. The number of Topliss-reactive ketones (excluding diaryl/α,β-unsaturated/α-hetero) is 1. The second kappa shape index (κ2) is 8.93. The van der Waals surface area contributed by atoms with Crippen molar-refractivity contribution in [2.45, 2.75) is 39.2 Å². The van der Waals surface area contributed by atoms with Gasteiger partial charge in [0.1, 0.15) is 5.78 Å². The first-order valence-electron chi connectivity index (χ1n) is 5.81. The Morgan fingerprint density at radius 2 is 2.06 bits per heavy atom. The molecule has 0 aliphatic heterocycles. The second-order valence-electron chi connectivity index (χ2n) is 4.13. The van der Waals surface area contributed by atoms with Gasteiger partial charge in [-0.25, -0.2) is 4.79 Å². The van der Waals surface area contributed by atoms with Crippen molar-refractivity contribution in [2.75, 3.05) is 13.7 Å². The van der Waals surface area contributed by atoms with E-state index in [4.69, 9.17) is 9.47 Å². The summed E-state index contributed by atoms with van der Waals surface area (Å²) in [6.07, 6.45) is 3.18. The molecule has 0 rings (SSSR count). The normalized spacial score (nSPS) is 13.8. The predicted molar refractivity (Wildman–Crippen MR) is 65.6 cm³/mol. The topological polar surface area (TPSA) is 52.6 Å². The highest BCUT2D eigenvalue weighted by molar-refractivity contribution is 5.75. The van der Waals surface area contributed by atoms with Crippen molar-refractivity contribution in [3.8, 4) is 0 Å². The highest BCUT2D eigenvalue weighted by Crippen LogP contribution is 2.14. The van der Waals surface area contributed by atoms with Gasteiger partial charge in [0.15, 0.2) is 6.10 Å². The summed E-state index contributed by atoms with van der Waals surface area (Å²) in [5, 5.41) is 0. The SMILES string of the molecule is C=CCC(CCOC(=O)C(C)OC)CC(C)=O. The second-order valence-corrected chi connectivity index (χ2v) is 4.13. The number of ketones is 1. The van der Waals surface area contributed by atoms with Crippen LogP contribution in [0.3, 0.4) is 0 Å². The summed E-state index contributed by atoms with van der Waals surface area (Å²) in [7, 11) is 1.46. The molecule has 0 aliphatic carbocycles. The zero-order valence-electron chi connectivity index (χ0n) is 10.9. The third-order valence-corrected chi connectivity index (χ3v) is 2.53. The van der Waals surface area contributed by atoms with Crippen LogP contribution >= 0.6 is 0 Å². The van der Waals surface area contributed by atoms with E-state index in [-0.39, 0.29) is 17.7 Å². The molecule has 0 fully saturated rings.